The van der Waals surface area contributed by atoms with E-state index in [0.717, 1.165) is 0 Å². The summed E-state index contributed by atoms with van der Waals surface area (Å²) < 4.78 is 0. The molecule has 0 aromatic carbocycles. The number of rotatable bonds is 4. The van der Waals surface area contributed by atoms with E-state index in [1.807, 2.05) is 20.8 Å². The summed E-state index contributed by atoms with van der Waals surface area (Å²) in [5.41, 5.74) is -0.139. The number of carbonyl (C=O) groups is 2. The van der Waals surface area contributed by atoms with Crippen molar-refractivity contribution in [3.05, 3.63) is 0 Å². The Bertz CT molecular complexity index is 233. The number of nitrogens with one attached hydrogen (secondary N) is 2. The summed E-state index contributed by atoms with van der Waals surface area (Å²) in [6.07, 6.45) is 0.0630. The number of carbonyl (C=O) groups excluding carboxylic acids is 1. The highest BCUT2D eigenvalue weighted by Gasteiger charge is 2.27. The van der Waals surface area contributed by atoms with Crippen LogP contribution in [0.2, 0.25) is 0 Å². The fourth-order valence-corrected chi connectivity index (χ4v) is 1.20. The molecule has 3 N–H and O–H groups in total. The minimum absolute atomic E-state index is 0.0630. The molecule has 0 aromatic heterocycles. The number of urea groups is 1. The predicted molar refractivity (Wildman–Crippen MR) is 57.7 cm³/mol. The van der Waals surface area contributed by atoms with Gasteiger partial charge in [-0.1, -0.05) is 20.8 Å². The first-order chi connectivity index (χ1) is 6.77. The molecule has 0 spiro atoms. The van der Waals surface area contributed by atoms with E-state index in [2.05, 4.69) is 10.6 Å². The normalized spacial score (nSPS) is 13.1. The van der Waals surface area contributed by atoms with Gasteiger partial charge < -0.3 is 15.7 Å². The molecule has 0 heterocycles. The second kappa shape index (κ2) is 5.58. The second-order valence-corrected chi connectivity index (χ2v) is 4.62. The van der Waals surface area contributed by atoms with Crippen molar-refractivity contribution in [2.24, 2.45) is 11.3 Å². The average Bonchev–Trinajstić information content (AvgIpc) is 2.09. The highest BCUT2D eigenvalue weighted by atomic mass is 16.4. The first-order valence-corrected chi connectivity index (χ1v) is 4.94. The average molecular weight is 216 g/mol. The molecule has 0 saturated carbocycles. The third kappa shape index (κ3) is 5.93. The molecule has 88 valence electrons. The summed E-state index contributed by atoms with van der Waals surface area (Å²) in [4.78, 5) is 21.6. The Morgan fingerprint density at radius 1 is 1.33 bits per heavy atom. The lowest BCUT2D eigenvalue weighted by molar-refractivity contribution is -0.139. The van der Waals surface area contributed by atoms with E-state index in [1.165, 1.54) is 7.05 Å². The van der Waals surface area contributed by atoms with Gasteiger partial charge in [0.25, 0.3) is 0 Å². The monoisotopic (exact) mass is 216 g/mol. The number of aliphatic carboxylic acids is 1. The first-order valence-electron chi connectivity index (χ1n) is 4.94. The van der Waals surface area contributed by atoms with E-state index in [1.54, 1.807) is 0 Å². The fourth-order valence-electron chi connectivity index (χ4n) is 1.20. The number of amides is 2. The highest BCUT2D eigenvalue weighted by molar-refractivity contribution is 5.73. The Kier molecular flexibility index (Phi) is 5.11. The third-order valence-corrected chi connectivity index (χ3v) is 2.38. The Morgan fingerprint density at radius 2 is 1.87 bits per heavy atom. The molecule has 0 saturated heterocycles. The van der Waals surface area contributed by atoms with E-state index >= 15 is 0 Å². The van der Waals surface area contributed by atoms with E-state index in [-0.39, 0.29) is 23.8 Å². The van der Waals surface area contributed by atoms with Crippen LogP contribution in [0.3, 0.4) is 0 Å². The van der Waals surface area contributed by atoms with Gasteiger partial charge >= 0.3 is 12.0 Å². The molecule has 0 aliphatic heterocycles. The van der Waals surface area contributed by atoms with Crippen molar-refractivity contribution >= 4 is 12.0 Å². The van der Waals surface area contributed by atoms with Crippen LogP contribution in [0.15, 0.2) is 0 Å². The topological polar surface area (TPSA) is 78.4 Å². The van der Waals surface area contributed by atoms with Gasteiger partial charge in [-0.15, -0.1) is 0 Å². The second-order valence-electron chi connectivity index (χ2n) is 4.62. The van der Waals surface area contributed by atoms with Gasteiger partial charge in [0.2, 0.25) is 0 Å². The fraction of sp³-hybridized carbons (Fsp3) is 0.800. The van der Waals surface area contributed by atoms with Gasteiger partial charge in [0.1, 0.15) is 0 Å². The van der Waals surface area contributed by atoms with Gasteiger partial charge in [0, 0.05) is 13.6 Å². The summed E-state index contributed by atoms with van der Waals surface area (Å²) in [6, 6.07) is -0.283. The van der Waals surface area contributed by atoms with Crippen molar-refractivity contribution in [2.45, 2.75) is 27.2 Å². The van der Waals surface area contributed by atoms with E-state index in [4.69, 9.17) is 5.11 Å². The molecule has 0 bridgehead atoms. The van der Waals surface area contributed by atoms with Crippen molar-refractivity contribution < 1.29 is 14.7 Å². The molecule has 5 nitrogen and oxygen atoms in total. The van der Waals surface area contributed by atoms with Crippen molar-refractivity contribution in [1.82, 2.24) is 10.6 Å². The lowest BCUT2D eigenvalue weighted by Crippen LogP contribution is -2.40. The molecular weight excluding hydrogens is 196 g/mol. The molecule has 1 atom stereocenters. The van der Waals surface area contributed by atoms with Crippen LogP contribution >= 0.6 is 0 Å². The standard InChI is InChI=1S/C10H20N2O3/c1-10(2,3)7(5-8(13)14)6-12-9(15)11-4/h7H,5-6H2,1-4H3,(H,13,14)(H2,11,12,15). The van der Waals surface area contributed by atoms with Crippen molar-refractivity contribution in [1.29, 1.82) is 0 Å². The largest absolute Gasteiger partial charge is 0.481 e. The number of hydrogen-bond donors (Lipinski definition) is 3. The van der Waals surface area contributed by atoms with Gasteiger partial charge in [-0.2, -0.15) is 0 Å². The zero-order valence-corrected chi connectivity index (χ0v) is 9.76. The van der Waals surface area contributed by atoms with Gasteiger partial charge in [0.05, 0.1) is 6.42 Å². The molecule has 5 heteroatoms. The maximum atomic E-state index is 11.0. The molecule has 15 heavy (non-hydrogen) atoms. The summed E-state index contributed by atoms with van der Waals surface area (Å²) in [5.74, 6) is -0.916. The molecule has 0 rings (SSSR count). The molecule has 1 unspecified atom stereocenters. The molecule has 0 radical (unpaired) electrons. The van der Waals surface area contributed by atoms with E-state index in [9.17, 15) is 9.59 Å². The summed E-state index contributed by atoms with van der Waals surface area (Å²) in [5, 5.41) is 13.8. The number of carboxylic acid groups (broad SMARTS) is 1. The quantitative estimate of drug-likeness (QED) is 0.657. The highest BCUT2D eigenvalue weighted by Crippen LogP contribution is 2.27. The molecule has 2 amide bonds. The van der Waals surface area contributed by atoms with Crippen LogP contribution < -0.4 is 10.6 Å². The Morgan fingerprint density at radius 3 is 2.20 bits per heavy atom. The van der Waals surface area contributed by atoms with Crippen LogP contribution in [-0.2, 0) is 4.79 Å². The number of carboxylic acids is 1. The van der Waals surface area contributed by atoms with Crippen LogP contribution in [-0.4, -0.2) is 30.7 Å². The lowest BCUT2D eigenvalue weighted by atomic mass is 9.79. The Labute approximate surface area is 90.2 Å². The maximum absolute atomic E-state index is 11.0. The van der Waals surface area contributed by atoms with Crippen LogP contribution in [0.1, 0.15) is 27.2 Å². The predicted octanol–water partition coefficient (Wildman–Crippen LogP) is 1.05. The third-order valence-electron chi connectivity index (χ3n) is 2.38. The first kappa shape index (κ1) is 13.7. The summed E-state index contributed by atoms with van der Waals surface area (Å²) in [6.45, 7) is 6.26. The van der Waals surface area contributed by atoms with Crippen LogP contribution in [0.25, 0.3) is 0 Å². The van der Waals surface area contributed by atoms with Crippen LogP contribution in [0, 0.1) is 11.3 Å². The van der Waals surface area contributed by atoms with Crippen LogP contribution in [0.5, 0.6) is 0 Å². The molecule has 0 aliphatic rings. The maximum Gasteiger partial charge on any atom is 0.314 e. The number of hydrogen-bond acceptors (Lipinski definition) is 2. The molecular formula is C10H20N2O3. The Balaban J connectivity index is 4.26. The molecule has 0 aromatic rings. The lowest BCUT2D eigenvalue weighted by Gasteiger charge is -2.29. The van der Waals surface area contributed by atoms with Gasteiger partial charge in [-0.3, -0.25) is 4.79 Å². The molecule has 0 aliphatic carbocycles. The van der Waals surface area contributed by atoms with Crippen molar-refractivity contribution in [3.63, 3.8) is 0 Å². The minimum Gasteiger partial charge on any atom is -0.481 e. The summed E-state index contributed by atoms with van der Waals surface area (Å²) >= 11 is 0. The van der Waals surface area contributed by atoms with Gasteiger partial charge in [-0.05, 0) is 11.3 Å². The van der Waals surface area contributed by atoms with E-state index in [0.29, 0.717) is 6.54 Å². The van der Waals surface area contributed by atoms with Crippen molar-refractivity contribution in [2.75, 3.05) is 13.6 Å². The molecule has 0 fully saturated rings. The van der Waals surface area contributed by atoms with Crippen LogP contribution in [0.4, 0.5) is 4.79 Å². The van der Waals surface area contributed by atoms with Gasteiger partial charge in [-0.25, -0.2) is 4.79 Å². The zero-order valence-electron chi connectivity index (χ0n) is 9.76. The zero-order chi connectivity index (χ0) is 12.1. The van der Waals surface area contributed by atoms with Gasteiger partial charge in [0.15, 0.2) is 0 Å². The SMILES string of the molecule is CNC(=O)NCC(CC(=O)O)C(C)(C)C. The van der Waals surface area contributed by atoms with Crippen molar-refractivity contribution in [3.8, 4) is 0 Å². The van der Waals surface area contributed by atoms with E-state index < -0.39 is 5.97 Å². The summed E-state index contributed by atoms with van der Waals surface area (Å²) in [7, 11) is 1.53. The Hall–Kier alpha value is -1.26. The smallest absolute Gasteiger partial charge is 0.314 e. The minimum atomic E-state index is -0.839.